The molecule has 1 amide bonds. The molecule has 2 aromatic heterocycles. The summed E-state index contributed by atoms with van der Waals surface area (Å²) < 4.78 is 15.9. The number of nitrogens with one attached hydrogen (secondary N) is 1. The number of aliphatic imine (C=N–C) groups is 1. The fraction of sp³-hybridized carbons (Fsp3) is 0.459. The van der Waals surface area contributed by atoms with Gasteiger partial charge in [0.2, 0.25) is 12.0 Å². The summed E-state index contributed by atoms with van der Waals surface area (Å²) in [6, 6.07) is 12.6. The number of hydrogen-bond donors (Lipinski definition) is 1. The van der Waals surface area contributed by atoms with Crippen molar-refractivity contribution in [2.45, 2.75) is 50.9 Å². The molecule has 0 saturated heterocycles. The van der Waals surface area contributed by atoms with E-state index in [1.165, 1.54) is 35.6 Å². The highest BCUT2D eigenvalue weighted by Crippen LogP contribution is 2.65. The van der Waals surface area contributed by atoms with E-state index in [0.717, 1.165) is 42.6 Å². The third-order valence-corrected chi connectivity index (χ3v) is 9.76. The number of nitrogens with zero attached hydrogens (tertiary/aromatic N) is 6. The minimum atomic E-state index is 0.155. The van der Waals surface area contributed by atoms with Crippen LogP contribution in [0.1, 0.15) is 73.4 Å². The average molecular weight is 652 g/mol. The van der Waals surface area contributed by atoms with Crippen molar-refractivity contribution in [1.29, 1.82) is 0 Å². The Bertz CT molecular complexity index is 1810. The van der Waals surface area contributed by atoms with Crippen LogP contribution in [0.2, 0.25) is 0 Å². The predicted octanol–water partition coefficient (Wildman–Crippen LogP) is 5.77. The highest BCUT2D eigenvalue weighted by Gasteiger charge is 2.57. The number of amides is 1. The molecule has 1 N–H and O–H groups in total. The van der Waals surface area contributed by atoms with Crippen LogP contribution < -0.4 is 19.7 Å². The maximum Gasteiger partial charge on any atom is 0.234 e. The zero-order chi connectivity index (χ0) is 33.9. The molecule has 6 atom stereocenters. The lowest BCUT2D eigenvalue weighted by Crippen LogP contribution is -2.29. The third-order valence-electron chi connectivity index (χ3n) is 9.76. The Hall–Kier alpha value is -4.89. The Morgan fingerprint density at radius 2 is 1.44 bits per heavy atom. The van der Waals surface area contributed by atoms with E-state index in [-0.39, 0.29) is 5.91 Å². The molecule has 2 aromatic carbocycles. The Morgan fingerprint density at radius 3 is 1.90 bits per heavy atom. The van der Waals surface area contributed by atoms with Crippen LogP contribution in [0.5, 0.6) is 11.5 Å². The van der Waals surface area contributed by atoms with Crippen molar-refractivity contribution in [1.82, 2.24) is 19.1 Å². The van der Waals surface area contributed by atoms with E-state index in [2.05, 4.69) is 63.9 Å². The number of ether oxygens (including phenoxy) is 2. The van der Waals surface area contributed by atoms with E-state index in [4.69, 9.17) is 14.3 Å². The first kappa shape index (κ1) is 33.0. The van der Waals surface area contributed by atoms with Gasteiger partial charge in [0.1, 0.15) is 11.5 Å². The fourth-order valence-corrected chi connectivity index (χ4v) is 7.44. The smallest absolute Gasteiger partial charge is 0.234 e. The number of fused-ring (bicyclic) bond motifs is 6. The predicted molar refractivity (Wildman–Crippen MR) is 185 cm³/mol. The van der Waals surface area contributed by atoms with E-state index in [1.54, 1.807) is 0 Å². The number of aromatic nitrogens is 4. The Kier molecular flexibility index (Phi) is 9.68. The number of aryl methyl sites for hydroxylation is 2. The summed E-state index contributed by atoms with van der Waals surface area (Å²) in [5.41, 5.74) is 7.07. The minimum absolute atomic E-state index is 0.155. The maximum atomic E-state index is 12.2. The highest BCUT2D eigenvalue weighted by molar-refractivity contribution is 5.93. The van der Waals surface area contributed by atoms with Crippen LogP contribution >= 0.6 is 0 Å². The second kappa shape index (κ2) is 14.1. The molecule has 2 saturated carbocycles. The van der Waals surface area contributed by atoms with Crippen LogP contribution in [0.3, 0.4) is 0 Å². The zero-order valence-electron chi connectivity index (χ0n) is 28.6. The normalized spacial score (nSPS) is 23.3. The summed E-state index contributed by atoms with van der Waals surface area (Å²) in [5, 5.41) is 3.38. The van der Waals surface area contributed by atoms with Gasteiger partial charge in [-0.15, -0.1) is 0 Å². The SMILES string of the molecule is CCC(=O)N(CC)c1ccc2c(c1)[C@@H]1[C@H](CO2)[C@H]1c1cn(C)cn1.CCNc1ccc2c(c1)[C@@H]1[C@H](CO2)[C@H]1c1cn(C)cn1.CN=C=O. The van der Waals surface area contributed by atoms with Gasteiger partial charge in [-0.3, -0.25) is 4.79 Å². The van der Waals surface area contributed by atoms with Gasteiger partial charge in [0.25, 0.3) is 0 Å². The Morgan fingerprint density at radius 1 is 0.896 bits per heavy atom. The lowest BCUT2D eigenvalue weighted by Gasteiger charge is -2.23. The molecule has 4 aromatic rings. The molecule has 2 aliphatic carbocycles. The molecule has 8 rings (SSSR count). The standard InChI is InChI=1S/C19H23N3O2.C16H19N3O.C2H3NO/c1-4-17(23)22(5-2)12-6-7-16-13(8-12)18-14(10-24-16)19(18)15-9-21(3)11-20-15;1-3-17-10-4-5-14-11(6-10)15-12(8-20-14)16(15)13-7-19(2)9-18-13;1-3-2-4/h6-9,11,14,18-19H,4-5,10H2,1-3H3;4-7,9,12,15-17H,3,8H2,1-2H3;1H3/t14-,18+,19-;12-,15+,16-;/m00./s1. The summed E-state index contributed by atoms with van der Waals surface area (Å²) in [6.45, 7) is 9.23. The molecule has 252 valence electrons. The summed E-state index contributed by atoms with van der Waals surface area (Å²) >= 11 is 0. The van der Waals surface area contributed by atoms with Gasteiger partial charge in [-0.2, -0.15) is 0 Å². The van der Waals surface area contributed by atoms with E-state index < -0.39 is 0 Å². The molecule has 0 spiro atoms. The van der Waals surface area contributed by atoms with Gasteiger partial charge in [0.15, 0.2) is 0 Å². The van der Waals surface area contributed by atoms with Gasteiger partial charge >= 0.3 is 0 Å². The average Bonchev–Trinajstić information content (AvgIpc) is 3.92. The van der Waals surface area contributed by atoms with Crippen LogP contribution in [0.4, 0.5) is 11.4 Å². The van der Waals surface area contributed by atoms with Crippen LogP contribution in [0.15, 0.2) is 66.4 Å². The number of imidazole rings is 2. The fourth-order valence-electron chi connectivity index (χ4n) is 7.44. The topological polar surface area (TPSA) is 116 Å². The van der Waals surface area contributed by atoms with Crippen molar-refractivity contribution < 1.29 is 19.1 Å². The molecular weight excluding hydrogens is 606 g/mol. The largest absolute Gasteiger partial charge is 0.493 e. The number of rotatable bonds is 7. The first-order valence-corrected chi connectivity index (χ1v) is 16.8. The molecule has 48 heavy (non-hydrogen) atoms. The van der Waals surface area contributed by atoms with E-state index in [0.29, 0.717) is 48.5 Å². The molecule has 4 aliphatic rings. The lowest BCUT2D eigenvalue weighted by atomic mass is 10.0. The first-order valence-electron chi connectivity index (χ1n) is 16.8. The highest BCUT2D eigenvalue weighted by atomic mass is 16.5. The number of carbonyl (C=O) groups excluding carboxylic acids is 2. The number of benzene rings is 2. The molecular formula is C37H45N7O4. The first-order chi connectivity index (χ1) is 23.3. The quantitative estimate of drug-likeness (QED) is 0.199. The summed E-state index contributed by atoms with van der Waals surface area (Å²) in [7, 11) is 5.41. The summed E-state index contributed by atoms with van der Waals surface area (Å²) in [4.78, 5) is 34.9. The molecule has 11 heteroatoms. The molecule has 0 bridgehead atoms. The van der Waals surface area contributed by atoms with Gasteiger partial charge in [0, 0.05) is 111 Å². The van der Waals surface area contributed by atoms with E-state index in [9.17, 15) is 4.79 Å². The maximum absolute atomic E-state index is 12.2. The van der Waals surface area contributed by atoms with Crippen LogP contribution in [0, 0.1) is 11.8 Å². The van der Waals surface area contributed by atoms with Crippen LogP contribution in [-0.4, -0.2) is 64.4 Å². The van der Waals surface area contributed by atoms with Gasteiger partial charge in [0.05, 0.1) is 37.3 Å². The van der Waals surface area contributed by atoms with Crippen molar-refractivity contribution in [2.24, 2.45) is 30.9 Å². The van der Waals surface area contributed by atoms with E-state index >= 15 is 0 Å². The number of hydrogen-bond acceptors (Lipinski definition) is 8. The Labute approximate surface area is 282 Å². The van der Waals surface area contributed by atoms with Gasteiger partial charge in [-0.05, 0) is 50.2 Å². The number of anilines is 2. The van der Waals surface area contributed by atoms with Crippen molar-refractivity contribution in [3.05, 3.63) is 84.0 Å². The zero-order valence-corrected chi connectivity index (χ0v) is 28.6. The van der Waals surface area contributed by atoms with Crippen molar-refractivity contribution in [3.63, 3.8) is 0 Å². The van der Waals surface area contributed by atoms with E-state index in [1.807, 2.05) is 66.8 Å². The van der Waals surface area contributed by atoms with Gasteiger partial charge in [-0.1, -0.05) is 6.92 Å². The molecule has 0 unspecified atom stereocenters. The molecule has 2 fully saturated rings. The van der Waals surface area contributed by atoms with Crippen molar-refractivity contribution >= 4 is 23.4 Å². The molecule has 11 nitrogen and oxygen atoms in total. The Balaban J connectivity index is 0.000000153. The number of carbonyl (C=O) groups is 1. The summed E-state index contributed by atoms with van der Waals surface area (Å²) in [5.74, 6) is 5.24. The molecule has 4 heterocycles. The van der Waals surface area contributed by atoms with Gasteiger partial charge < -0.3 is 28.8 Å². The summed E-state index contributed by atoms with van der Waals surface area (Å²) in [6.07, 6.45) is 9.80. The molecule has 0 radical (unpaired) electrons. The van der Waals surface area contributed by atoms with Crippen molar-refractivity contribution in [3.8, 4) is 11.5 Å². The lowest BCUT2D eigenvalue weighted by molar-refractivity contribution is -0.118. The monoisotopic (exact) mass is 651 g/mol. The van der Waals surface area contributed by atoms with Crippen molar-refractivity contribution in [2.75, 3.05) is 43.6 Å². The number of isocyanates is 1. The van der Waals surface area contributed by atoms with Crippen LogP contribution in [0.25, 0.3) is 0 Å². The second-order valence-corrected chi connectivity index (χ2v) is 12.8. The van der Waals surface area contributed by atoms with Crippen LogP contribution in [-0.2, 0) is 23.7 Å². The second-order valence-electron chi connectivity index (χ2n) is 12.8. The third kappa shape index (κ3) is 6.47. The van der Waals surface area contributed by atoms with Gasteiger partial charge in [-0.25, -0.2) is 19.8 Å². The molecule has 2 aliphatic heterocycles. The minimum Gasteiger partial charge on any atom is -0.493 e.